The number of nitrogens with zero attached hydrogens (tertiary/aromatic N) is 1. The van der Waals surface area contributed by atoms with E-state index >= 15 is 0 Å². The Morgan fingerprint density at radius 3 is 2.76 bits per heavy atom. The Kier molecular flexibility index (Phi) is 7.19. The van der Waals surface area contributed by atoms with Crippen LogP contribution in [0.1, 0.15) is 102 Å². The third-order valence-electron chi connectivity index (χ3n) is 10.1. The van der Waals surface area contributed by atoms with Gasteiger partial charge in [0.2, 0.25) is 0 Å². The van der Waals surface area contributed by atoms with Crippen molar-refractivity contribution in [1.29, 1.82) is 0 Å². The second-order valence-corrected chi connectivity index (χ2v) is 12.6. The SMILES string of the molecule is C=C1CC[C@@]2(O)C3Cc4ccc(OC(=O)C=CCCCCCCCCC)c5c4[C@@]2(CCN3CC2CC2)[C@H]1O5. The van der Waals surface area contributed by atoms with Crippen LogP contribution in [0.2, 0.25) is 0 Å². The molecule has 2 heterocycles. The minimum Gasteiger partial charge on any atom is -0.481 e. The lowest BCUT2D eigenvalue weighted by Gasteiger charge is -2.63. The van der Waals surface area contributed by atoms with Gasteiger partial charge < -0.3 is 14.6 Å². The minimum absolute atomic E-state index is 0.109. The van der Waals surface area contributed by atoms with Gasteiger partial charge in [-0.25, -0.2) is 4.79 Å². The van der Waals surface area contributed by atoms with Crippen molar-refractivity contribution in [3.05, 3.63) is 47.6 Å². The molecule has 5 aliphatic rings. The standard InChI is InChI=1S/C33H45NO4/c1-3-4-5-6-7-8-9-10-11-12-28(35)37-26-16-15-25-21-27-33(36)18-17-23(2)31-32(33,29(25)30(26)38-31)19-20-34(27)22-24-13-14-24/h11-12,15-16,24,27,31,36H,2-10,13-14,17-22H2,1H3/t27?,31-,32-,33+/m0/s1. The smallest absolute Gasteiger partial charge is 0.335 e. The van der Waals surface area contributed by atoms with Crippen molar-refractivity contribution in [2.24, 2.45) is 5.92 Å². The van der Waals surface area contributed by atoms with Crippen LogP contribution >= 0.6 is 0 Å². The molecule has 0 aromatic heterocycles. The molecule has 206 valence electrons. The van der Waals surface area contributed by atoms with E-state index in [1.165, 1.54) is 56.9 Å². The summed E-state index contributed by atoms with van der Waals surface area (Å²) in [6.07, 6.45) is 18.8. The first kappa shape index (κ1) is 26.1. The van der Waals surface area contributed by atoms with E-state index < -0.39 is 11.0 Å². The number of hydrogen-bond acceptors (Lipinski definition) is 5. The van der Waals surface area contributed by atoms with E-state index in [1.807, 2.05) is 12.1 Å². The van der Waals surface area contributed by atoms with Crippen LogP contribution in [-0.2, 0) is 16.6 Å². The van der Waals surface area contributed by atoms with Crippen molar-refractivity contribution in [3.8, 4) is 11.5 Å². The molecule has 38 heavy (non-hydrogen) atoms. The number of aliphatic hydroxyl groups is 1. The number of ether oxygens (including phenoxy) is 2. The normalized spacial score (nSPS) is 31.4. The van der Waals surface area contributed by atoms with Crippen LogP contribution in [0.3, 0.4) is 0 Å². The van der Waals surface area contributed by atoms with E-state index in [1.54, 1.807) is 6.08 Å². The summed E-state index contributed by atoms with van der Waals surface area (Å²) in [5, 5.41) is 12.5. The number of hydrogen-bond donors (Lipinski definition) is 1. The predicted octanol–water partition coefficient (Wildman–Crippen LogP) is 6.41. The molecule has 1 spiro atoms. The van der Waals surface area contributed by atoms with E-state index in [4.69, 9.17) is 9.47 Å². The number of allylic oxidation sites excluding steroid dienone is 1. The summed E-state index contributed by atoms with van der Waals surface area (Å²) in [4.78, 5) is 15.3. The number of unbranched alkanes of at least 4 members (excludes halogenated alkanes) is 7. The van der Waals surface area contributed by atoms with E-state index in [0.717, 1.165) is 68.7 Å². The Balaban J connectivity index is 1.18. The van der Waals surface area contributed by atoms with Crippen LogP contribution in [0.15, 0.2) is 36.4 Å². The van der Waals surface area contributed by atoms with Crippen LogP contribution < -0.4 is 9.47 Å². The van der Waals surface area contributed by atoms with Gasteiger partial charge in [-0.15, -0.1) is 0 Å². The Morgan fingerprint density at radius 1 is 1.18 bits per heavy atom. The van der Waals surface area contributed by atoms with Gasteiger partial charge in [-0.1, -0.05) is 64.2 Å². The Bertz CT molecular complexity index is 1110. The first-order chi connectivity index (χ1) is 18.5. The lowest BCUT2D eigenvalue weighted by molar-refractivity contribution is -0.174. The Labute approximate surface area is 228 Å². The van der Waals surface area contributed by atoms with Crippen molar-refractivity contribution in [2.45, 2.75) is 120 Å². The Morgan fingerprint density at radius 2 is 1.97 bits per heavy atom. The monoisotopic (exact) mass is 519 g/mol. The van der Waals surface area contributed by atoms with Crippen molar-refractivity contribution >= 4 is 5.97 Å². The molecule has 1 N–H and O–H groups in total. The van der Waals surface area contributed by atoms with E-state index in [2.05, 4.69) is 24.5 Å². The number of carbonyl (C=O) groups is 1. The lowest BCUT2D eigenvalue weighted by atomic mass is 9.48. The molecule has 0 radical (unpaired) electrons. The van der Waals surface area contributed by atoms with Gasteiger partial charge in [0.15, 0.2) is 11.5 Å². The van der Waals surface area contributed by atoms with Crippen LogP contribution in [-0.4, -0.2) is 46.8 Å². The first-order valence-electron chi connectivity index (χ1n) is 15.3. The molecule has 3 fully saturated rings. The zero-order valence-electron chi connectivity index (χ0n) is 23.2. The molecule has 1 saturated heterocycles. The van der Waals surface area contributed by atoms with Gasteiger partial charge in [0.05, 0.1) is 11.0 Å². The summed E-state index contributed by atoms with van der Waals surface area (Å²) in [6, 6.07) is 4.12. The Hall–Kier alpha value is -2.11. The molecule has 0 amide bonds. The second kappa shape index (κ2) is 10.5. The molecule has 5 heteroatoms. The molecule has 5 nitrogen and oxygen atoms in total. The molecule has 3 aliphatic carbocycles. The fourth-order valence-corrected chi connectivity index (χ4v) is 8.00. The van der Waals surface area contributed by atoms with Crippen LogP contribution in [0.4, 0.5) is 0 Å². The minimum atomic E-state index is -0.844. The van der Waals surface area contributed by atoms with Crippen LogP contribution in [0, 0.1) is 5.92 Å². The van der Waals surface area contributed by atoms with Crippen molar-refractivity contribution < 1.29 is 19.4 Å². The summed E-state index contributed by atoms with van der Waals surface area (Å²) < 4.78 is 12.5. The van der Waals surface area contributed by atoms with E-state index in [0.29, 0.717) is 11.5 Å². The van der Waals surface area contributed by atoms with Crippen molar-refractivity contribution in [1.82, 2.24) is 4.90 Å². The molecule has 2 bridgehead atoms. The summed E-state index contributed by atoms with van der Waals surface area (Å²) in [6.45, 7) is 8.70. The number of benzene rings is 1. The van der Waals surface area contributed by atoms with Gasteiger partial charge in [-0.05, 0) is 81.0 Å². The highest BCUT2D eigenvalue weighted by Crippen LogP contribution is 2.66. The van der Waals surface area contributed by atoms with Crippen LogP contribution in [0.5, 0.6) is 11.5 Å². The molecule has 4 atom stereocenters. The molecule has 1 unspecified atom stereocenters. The summed E-state index contributed by atoms with van der Waals surface area (Å²) in [5.74, 6) is 1.57. The maximum atomic E-state index is 12.8. The second-order valence-electron chi connectivity index (χ2n) is 12.6. The number of piperidine rings is 1. The third kappa shape index (κ3) is 4.34. The molecular weight excluding hydrogens is 474 g/mol. The number of rotatable bonds is 12. The molecule has 6 rings (SSSR count). The van der Waals surface area contributed by atoms with Crippen LogP contribution in [0.25, 0.3) is 0 Å². The fourth-order valence-electron chi connectivity index (χ4n) is 8.00. The number of esters is 1. The van der Waals surface area contributed by atoms with Crippen molar-refractivity contribution in [3.63, 3.8) is 0 Å². The number of likely N-dealkylation sites (tertiary alicyclic amines) is 1. The van der Waals surface area contributed by atoms with Gasteiger partial charge in [0, 0.05) is 24.2 Å². The average Bonchev–Trinajstić information content (AvgIpc) is 3.64. The van der Waals surface area contributed by atoms with Gasteiger partial charge in [0.1, 0.15) is 6.10 Å². The zero-order chi connectivity index (χ0) is 26.3. The van der Waals surface area contributed by atoms with Gasteiger partial charge >= 0.3 is 5.97 Å². The van der Waals surface area contributed by atoms with E-state index in [-0.39, 0.29) is 18.1 Å². The molecular formula is C33H45NO4. The average molecular weight is 520 g/mol. The maximum Gasteiger partial charge on any atom is 0.335 e. The fraction of sp³-hybridized carbons (Fsp3) is 0.667. The third-order valence-corrected chi connectivity index (χ3v) is 10.1. The summed E-state index contributed by atoms with van der Waals surface area (Å²) >= 11 is 0. The maximum absolute atomic E-state index is 12.8. The molecule has 2 saturated carbocycles. The topological polar surface area (TPSA) is 59.0 Å². The molecule has 1 aromatic carbocycles. The van der Waals surface area contributed by atoms with Gasteiger partial charge in [-0.2, -0.15) is 0 Å². The largest absolute Gasteiger partial charge is 0.481 e. The predicted molar refractivity (Wildman–Crippen MR) is 150 cm³/mol. The molecule has 1 aromatic rings. The lowest BCUT2D eigenvalue weighted by Crippen LogP contribution is -2.75. The number of carbonyl (C=O) groups excluding carboxylic acids is 1. The highest BCUT2D eigenvalue weighted by molar-refractivity contribution is 5.85. The highest BCUT2D eigenvalue weighted by atomic mass is 16.6. The van der Waals surface area contributed by atoms with Crippen molar-refractivity contribution in [2.75, 3.05) is 13.1 Å². The first-order valence-corrected chi connectivity index (χ1v) is 15.3. The zero-order valence-corrected chi connectivity index (χ0v) is 23.2. The summed E-state index contributed by atoms with van der Waals surface area (Å²) in [7, 11) is 0. The molecule has 2 aliphatic heterocycles. The summed E-state index contributed by atoms with van der Waals surface area (Å²) in [5.41, 5.74) is 2.04. The van der Waals surface area contributed by atoms with Gasteiger partial charge in [0.25, 0.3) is 0 Å². The van der Waals surface area contributed by atoms with Gasteiger partial charge in [-0.3, -0.25) is 4.90 Å². The quantitative estimate of drug-likeness (QED) is 0.114. The van der Waals surface area contributed by atoms with E-state index in [9.17, 15) is 9.90 Å². The highest BCUT2D eigenvalue weighted by Gasteiger charge is 2.72.